The second-order valence-electron chi connectivity index (χ2n) is 9.43. The third-order valence-corrected chi connectivity index (χ3v) is 6.56. The minimum absolute atomic E-state index is 0.110. The van der Waals surface area contributed by atoms with Gasteiger partial charge in [-0.3, -0.25) is 9.59 Å². The van der Waals surface area contributed by atoms with Gasteiger partial charge in [0, 0.05) is 45.2 Å². The zero-order chi connectivity index (χ0) is 28.3. The van der Waals surface area contributed by atoms with Crippen molar-refractivity contribution in [2.45, 2.75) is 31.5 Å². The first-order chi connectivity index (χ1) is 19.4. The summed E-state index contributed by atoms with van der Waals surface area (Å²) in [6, 6.07) is 16.2. The average Bonchev–Trinajstić information content (AvgIpc) is 3.49. The van der Waals surface area contributed by atoms with Crippen LogP contribution in [0.4, 0.5) is 9.59 Å². The average molecular weight is 548 g/mol. The van der Waals surface area contributed by atoms with E-state index in [0.29, 0.717) is 18.8 Å². The fraction of sp³-hybridized carbons (Fsp3) is 0.321. The summed E-state index contributed by atoms with van der Waals surface area (Å²) >= 11 is 0. The molecular weight excluding hydrogens is 514 g/mol. The Bertz CT molecular complexity index is 1260. The molecular formula is C28H33N7O5. The van der Waals surface area contributed by atoms with Crippen LogP contribution in [0, 0.1) is 0 Å². The van der Waals surface area contributed by atoms with E-state index in [0.717, 1.165) is 11.1 Å². The number of hydrogen-bond acceptors (Lipinski definition) is 6. The molecule has 12 nitrogen and oxygen atoms in total. The second-order valence-corrected chi connectivity index (χ2v) is 9.43. The fourth-order valence-corrected chi connectivity index (χ4v) is 4.31. The van der Waals surface area contributed by atoms with Gasteiger partial charge in [0.2, 0.25) is 11.8 Å². The molecule has 0 radical (unpaired) electrons. The Morgan fingerprint density at radius 3 is 2.08 bits per heavy atom. The highest BCUT2D eigenvalue weighted by Gasteiger charge is 2.30. The predicted molar refractivity (Wildman–Crippen MR) is 146 cm³/mol. The first kappa shape index (κ1) is 28.1. The minimum Gasteiger partial charge on any atom is -0.445 e. The van der Waals surface area contributed by atoms with Gasteiger partial charge in [-0.25, -0.2) is 14.6 Å². The number of benzene rings is 2. The van der Waals surface area contributed by atoms with Gasteiger partial charge < -0.3 is 35.9 Å². The monoisotopic (exact) mass is 547 g/mol. The van der Waals surface area contributed by atoms with E-state index >= 15 is 0 Å². The van der Waals surface area contributed by atoms with Gasteiger partial charge in [0.1, 0.15) is 18.7 Å². The van der Waals surface area contributed by atoms with E-state index in [9.17, 15) is 19.2 Å². The third-order valence-electron chi connectivity index (χ3n) is 6.56. The molecule has 40 heavy (non-hydrogen) atoms. The van der Waals surface area contributed by atoms with Gasteiger partial charge in [-0.05, 0) is 11.1 Å². The smallest absolute Gasteiger partial charge is 0.410 e. The number of primary amides is 1. The normalized spacial score (nSPS) is 14.6. The molecule has 2 heterocycles. The van der Waals surface area contributed by atoms with Gasteiger partial charge in [-0.1, -0.05) is 60.7 Å². The Balaban J connectivity index is 1.34. The SMILES string of the molecule is NC(=O)[C@H](Cc1c[nH]cn1)NC(=O)[C@H](Cc1ccccc1)NC(=O)N1CCN(C(=O)OCc2ccccc2)CC1. The molecule has 1 fully saturated rings. The molecule has 12 heteroatoms. The van der Waals surface area contributed by atoms with Crippen molar-refractivity contribution in [3.05, 3.63) is 90.0 Å². The first-order valence-corrected chi connectivity index (χ1v) is 13.0. The topological polar surface area (TPSA) is 163 Å². The van der Waals surface area contributed by atoms with Gasteiger partial charge in [-0.15, -0.1) is 0 Å². The quantitative estimate of drug-likeness (QED) is 0.298. The highest BCUT2D eigenvalue weighted by Crippen LogP contribution is 2.10. The van der Waals surface area contributed by atoms with Crippen LogP contribution in [0.15, 0.2) is 73.2 Å². The molecule has 2 atom stereocenters. The number of carbonyl (C=O) groups is 4. The highest BCUT2D eigenvalue weighted by molar-refractivity contribution is 5.91. The molecule has 1 saturated heterocycles. The molecule has 210 valence electrons. The van der Waals surface area contributed by atoms with Crippen LogP contribution in [0.25, 0.3) is 0 Å². The second kappa shape index (κ2) is 13.8. The van der Waals surface area contributed by atoms with Gasteiger partial charge in [0.25, 0.3) is 0 Å². The number of ether oxygens (including phenoxy) is 1. The van der Waals surface area contributed by atoms with E-state index in [2.05, 4.69) is 20.6 Å². The van der Waals surface area contributed by atoms with Crippen molar-refractivity contribution in [1.82, 2.24) is 30.4 Å². The number of nitrogens with one attached hydrogen (secondary N) is 3. The number of amides is 5. The number of nitrogens with two attached hydrogens (primary N) is 1. The summed E-state index contributed by atoms with van der Waals surface area (Å²) in [4.78, 5) is 61.0. The van der Waals surface area contributed by atoms with Gasteiger partial charge in [-0.2, -0.15) is 0 Å². The number of H-pyrrole nitrogens is 1. The van der Waals surface area contributed by atoms with E-state index in [1.54, 1.807) is 16.0 Å². The van der Waals surface area contributed by atoms with E-state index in [4.69, 9.17) is 10.5 Å². The molecule has 0 saturated carbocycles. The van der Waals surface area contributed by atoms with Crippen molar-refractivity contribution in [2.75, 3.05) is 26.2 Å². The summed E-state index contributed by atoms with van der Waals surface area (Å²) < 4.78 is 5.39. The van der Waals surface area contributed by atoms with E-state index in [-0.39, 0.29) is 32.5 Å². The number of carbonyl (C=O) groups excluding carboxylic acids is 4. The molecule has 1 aliphatic heterocycles. The first-order valence-electron chi connectivity index (χ1n) is 13.0. The summed E-state index contributed by atoms with van der Waals surface area (Å²) in [6.07, 6.45) is 2.95. The lowest BCUT2D eigenvalue weighted by molar-refractivity contribution is -0.128. The molecule has 0 spiro atoms. The molecule has 0 bridgehead atoms. The predicted octanol–water partition coefficient (Wildman–Crippen LogP) is 1.20. The number of aromatic nitrogens is 2. The summed E-state index contributed by atoms with van der Waals surface area (Å²) in [5.41, 5.74) is 7.82. The zero-order valence-electron chi connectivity index (χ0n) is 22.0. The Hall–Kier alpha value is -4.87. The molecule has 3 aromatic rings. The zero-order valence-corrected chi connectivity index (χ0v) is 22.0. The third kappa shape index (κ3) is 8.06. The molecule has 4 rings (SSSR count). The molecule has 1 aromatic heterocycles. The fourth-order valence-electron chi connectivity index (χ4n) is 4.31. The maximum atomic E-state index is 13.3. The number of rotatable bonds is 10. The van der Waals surface area contributed by atoms with Gasteiger partial charge >= 0.3 is 12.1 Å². The highest BCUT2D eigenvalue weighted by atomic mass is 16.6. The summed E-state index contributed by atoms with van der Waals surface area (Å²) in [7, 11) is 0. The van der Waals surface area contributed by atoms with Crippen molar-refractivity contribution < 1.29 is 23.9 Å². The molecule has 5 amide bonds. The van der Waals surface area contributed by atoms with Crippen LogP contribution in [0.5, 0.6) is 0 Å². The molecule has 1 aliphatic rings. The lowest BCUT2D eigenvalue weighted by Gasteiger charge is -2.35. The number of nitrogens with zero attached hydrogens (tertiary/aromatic N) is 3. The van der Waals surface area contributed by atoms with E-state index in [1.807, 2.05) is 60.7 Å². The van der Waals surface area contributed by atoms with Crippen LogP contribution >= 0.6 is 0 Å². The largest absolute Gasteiger partial charge is 0.445 e. The van der Waals surface area contributed by atoms with Crippen LogP contribution in [-0.2, 0) is 33.8 Å². The van der Waals surface area contributed by atoms with Crippen LogP contribution < -0.4 is 16.4 Å². The maximum absolute atomic E-state index is 13.3. The van der Waals surface area contributed by atoms with Crippen LogP contribution in [-0.4, -0.2) is 82.0 Å². The van der Waals surface area contributed by atoms with Crippen LogP contribution in [0.3, 0.4) is 0 Å². The molecule has 2 aromatic carbocycles. The number of urea groups is 1. The van der Waals surface area contributed by atoms with Gasteiger partial charge in [0.05, 0.1) is 12.0 Å². The van der Waals surface area contributed by atoms with Crippen molar-refractivity contribution in [1.29, 1.82) is 0 Å². The summed E-state index contributed by atoms with van der Waals surface area (Å²) in [5.74, 6) is -1.25. The lowest BCUT2D eigenvalue weighted by Crippen LogP contribution is -2.58. The molecule has 5 N–H and O–H groups in total. The Labute approximate surface area is 231 Å². The number of imidazole rings is 1. The van der Waals surface area contributed by atoms with Crippen LogP contribution in [0.2, 0.25) is 0 Å². The number of hydrogen-bond donors (Lipinski definition) is 4. The summed E-state index contributed by atoms with van der Waals surface area (Å²) in [5, 5.41) is 5.46. The van der Waals surface area contributed by atoms with Crippen molar-refractivity contribution in [2.24, 2.45) is 5.73 Å². The maximum Gasteiger partial charge on any atom is 0.410 e. The molecule has 0 unspecified atom stereocenters. The lowest BCUT2D eigenvalue weighted by atomic mass is 10.0. The Morgan fingerprint density at radius 2 is 1.48 bits per heavy atom. The molecule has 0 aliphatic carbocycles. The Kier molecular flexibility index (Phi) is 9.70. The minimum atomic E-state index is -1.00. The van der Waals surface area contributed by atoms with Gasteiger partial charge in [0.15, 0.2) is 0 Å². The standard InChI is InChI=1S/C28H33N7O5/c29-25(36)23(16-22-17-30-19-31-22)32-26(37)24(15-20-7-3-1-4-8-20)33-27(38)34-11-13-35(14-12-34)28(39)40-18-21-9-5-2-6-10-21/h1-10,17,19,23-24H,11-16,18H2,(H2,29,36)(H,30,31)(H,32,37)(H,33,38)/t23-,24-/m0/s1. The number of piperazine rings is 1. The summed E-state index contributed by atoms with van der Waals surface area (Å²) in [6.45, 7) is 1.31. The van der Waals surface area contributed by atoms with Crippen molar-refractivity contribution >= 4 is 23.9 Å². The van der Waals surface area contributed by atoms with Crippen molar-refractivity contribution in [3.8, 4) is 0 Å². The Morgan fingerprint density at radius 1 is 0.850 bits per heavy atom. The van der Waals surface area contributed by atoms with E-state index < -0.39 is 36.0 Å². The van der Waals surface area contributed by atoms with Crippen LogP contribution in [0.1, 0.15) is 16.8 Å². The van der Waals surface area contributed by atoms with E-state index in [1.165, 1.54) is 6.33 Å². The number of aromatic amines is 1. The van der Waals surface area contributed by atoms with Crippen molar-refractivity contribution in [3.63, 3.8) is 0 Å².